The zero-order valence-corrected chi connectivity index (χ0v) is 10.4. The largest absolute Gasteiger partial charge is 0.481 e. The topological polar surface area (TPSA) is 58.9 Å². The molecule has 0 saturated heterocycles. The van der Waals surface area contributed by atoms with Crippen LogP contribution in [0.15, 0.2) is 29.3 Å². The lowest BCUT2D eigenvalue weighted by Crippen LogP contribution is -2.09. The maximum Gasteiger partial charge on any atom is 0.416 e. The van der Waals surface area contributed by atoms with Crippen LogP contribution in [0.3, 0.4) is 0 Å². The standard InChI is InChI=1S/C13H12F3NO3/c14-13(15,16)9-3-1-2-8(6-9)10-7-17-11(20-10)4-5-12(18)19/h1-3,6,10H,4-5,7H2,(H,18,19). The van der Waals surface area contributed by atoms with Crippen molar-refractivity contribution in [1.29, 1.82) is 0 Å². The second kappa shape index (κ2) is 5.52. The summed E-state index contributed by atoms with van der Waals surface area (Å²) in [6, 6.07) is 4.87. The molecule has 20 heavy (non-hydrogen) atoms. The van der Waals surface area contributed by atoms with Gasteiger partial charge in [-0.05, 0) is 17.7 Å². The molecule has 0 saturated carbocycles. The molecule has 1 aliphatic rings. The Labute approximate surface area is 112 Å². The SMILES string of the molecule is O=C(O)CCC1=NCC(c2cccc(C(F)(F)F)c2)O1. The van der Waals surface area contributed by atoms with Crippen molar-refractivity contribution >= 4 is 11.9 Å². The number of aliphatic imine (C=N–C) groups is 1. The van der Waals surface area contributed by atoms with Crippen LogP contribution in [0.4, 0.5) is 13.2 Å². The van der Waals surface area contributed by atoms with Gasteiger partial charge < -0.3 is 9.84 Å². The van der Waals surface area contributed by atoms with E-state index in [9.17, 15) is 18.0 Å². The van der Waals surface area contributed by atoms with Crippen molar-refractivity contribution in [2.45, 2.75) is 25.1 Å². The van der Waals surface area contributed by atoms with Gasteiger partial charge in [-0.2, -0.15) is 13.2 Å². The summed E-state index contributed by atoms with van der Waals surface area (Å²) in [7, 11) is 0. The van der Waals surface area contributed by atoms with Gasteiger partial charge in [0.2, 0.25) is 0 Å². The molecule has 7 heteroatoms. The quantitative estimate of drug-likeness (QED) is 0.926. The highest BCUT2D eigenvalue weighted by Gasteiger charge is 2.32. The third-order valence-corrected chi connectivity index (χ3v) is 2.85. The Bertz CT molecular complexity index is 540. The van der Waals surface area contributed by atoms with E-state index in [1.54, 1.807) is 0 Å². The number of rotatable bonds is 4. The van der Waals surface area contributed by atoms with Gasteiger partial charge in [0.25, 0.3) is 0 Å². The number of halogens is 3. The van der Waals surface area contributed by atoms with Crippen LogP contribution < -0.4 is 0 Å². The summed E-state index contributed by atoms with van der Waals surface area (Å²) in [5, 5.41) is 8.55. The van der Waals surface area contributed by atoms with Crippen molar-refractivity contribution in [3.63, 3.8) is 0 Å². The molecule has 0 aromatic heterocycles. The van der Waals surface area contributed by atoms with Gasteiger partial charge in [-0.1, -0.05) is 12.1 Å². The molecule has 1 aromatic rings. The minimum Gasteiger partial charge on any atom is -0.481 e. The first kappa shape index (κ1) is 14.4. The van der Waals surface area contributed by atoms with E-state index in [1.165, 1.54) is 12.1 Å². The fourth-order valence-electron chi connectivity index (χ4n) is 1.86. The Balaban J connectivity index is 2.03. The highest BCUT2D eigenvalue weighted by Crippen LogP contribution is 2.32. The van der Waals surface area contributed by atoms with E-state index in [-0.39, 0.29) is 25.3 Å². The molecule has 1 unspecified atom stereocenters. The fourth-order valence-corrected chi connectivity index (χ4v) is 1.86. The molecule has 0 amide bonds. The Morgan fingerprint density at radius 3 is 2.85 bits per heavy atom. The first-order valence-corrected chi connectivity index (χ1v) is 5.95. The monoisotopic (exact) mass is 287 g/mol. The van der Waals surface area contributed by atoms with Crippen molar-refractivity contribution in [2.24, 2.45) is 4.99 Å². The van der Waals surface area contributed by atoms with Gasteiger partial charge in [0.15, 0.2) is 5.90 Å². The molecule has 1 aromatic carbocycles. The van der Waals surface area contributed by atoms with E-state index >= 15 is 0 Å². The summed E-state index contributed by atoms with van der Waals surface area (Å²) in [6.07, 6.45) is -4.96. The lowest BCUT2D eigenvalue weighted by atomic mass is 10.1. The number of hydrogen-bond acceptors (Lipinski definition) is 3. The molecule has 1 atom stereocenters. The molecule has 1 aliphatic heterocycles. The Hall–Kier alpha value is -2.05. The molecule has 0 fully saturated rings. The molecule has 0 bridgehead atoms. The molecule has 0 radical (unpaired) electrons. The van der Waals surface area contributed by atoms with Crippen LogP contribution in [0.25, 0.3) is 0 Å². The van der Waals surface area contributed by atoms with Crippen molar-refractivity contribution in [3.05, 3.63) is 35.4 Å². The zero-order chi connectivity index (χ0) is 14.8. The van der Waals surface area contributed by atoms with Crippen LogP contribution in [0, 0.1) is 0 Å². The summed E-state index contributed by atoms with van der Waals surface area (Å²) in [5.74, 6) is -0.700. The van der Waals surface area contributed by atoms with Crippen LogP contribution in [-0.4, -0.2) is 23.5 Å². The molecule has 0 spiro atoms. The first-order chi connectivity index (χ1) is 9.36. The predicted molar refractivity (Wildman–Crippen MR) is 64.4 cm³/mol. The van der Waals surface area contributed by atoms with Crippen molar-refractivity contribution in [3.8, 4) is 0 Å². The van der Waals surface area contributed by atoms with Crippen LogP contribution in [-0.2, 0) is 15.7 Å². The molecule has 0 aliphatic carbocycles. The van der Waals surface area contributed by atoms with Gasteiger partial charge in [-0.15, -0.1) is 0 Å². The highest BCUT2D eigenvalue weighted by atomic mass is 19.4. The lowest BCUT2D eigenvalue weighted by molar-refractivity contribution is -0.138. The summed E-state index contributed by atoms with van der Waals surface area (Å²) in [6.45, 7) is 0.205. The second-order valence-electron chi connectivity index (χ2n) is 4.36. The van der Waals surface area contributed by atoms with Gasteiger partial charge >= 0.3 is 12.1 Å². The van der Waals surface area contributed by atoms with Gasteiger partial charge in [0.05, 0.1) is 18.5 Å². The maximum atomic E-state index is 12.6. The summed E-state index contributed by atoms with van der Waals surface area (Å²) in [4.78, 5) is 14.4. The van der Waals surface area contributed by atoms with Gasteiger partial charge in [-0.25, -0.2) is 0 Å². The minimum atomic E-state index is -4.40. The minimum absolute atomic E-state index is 0.117. The van der Waals surface area contributed by atoms with E-state index in [1.807, 2.05) is 0 Å². The summed E-state index contributed by atoms with van der Waals surface area (Å²) < 4.78 is 43.2. The van der Waals surface area contributed by atoms with Crippen molar-refractivity contribution in [2.75, 3.05) is 6.54 Å². The fraction of sp³-hybridized carbons (Fsp3) is 0.385. The van der Waals surface area contributed by atoms with E-state index in [0.29, 0.717) is 5.56 Å². The molecule has 108 valence electrons. The van der Waals surface area contributed by atoms with Crippen LogP contribution in [0.5, 0.6) is 0 Å². The average Bonchev–Trinajstić information content (AvgIpc) is 2.84. The molecule has 2 rings (SSSR count). The summed E-state index contributed by atoms with van der Waals surface area (Å²) >= 11 is 0. The normalized spacial score (nSPS) is 18.6. The smallest absolute Gasteiger partial charge is 0.416 e. The number of benzene rings is 1. The third kappa shape index (κ3) is 3.49. The number of carboxylic acid groups (broad SMARTS) is 1. The maximum absolute atomic E-state index is 12.6. The Morgan fingerprint density at radius 2 is 2.20 bits per heavy atom. The number of alkyl halides is 3. The molecule has 1 heterocycles. The van der Waals surface area contributed by atoms with E-state index in [0.717, 1.165) is 12.1 Å². The average molecular weight is 287 g/mol. The number of hydrogen-bond donors (Lipinski definition) is 1. The van der Waals surface area contributed by atoms with Gasteiger partial charge in [0.1, 0.15) is 6.10 Å². The number of carbonyl (C=O) groups is 1. The third-order valence-electron chi connectivity index (χ3n) is 2.85. The number of ether oxygens (including phenoxy) is 1. The molecule has 1 N–H and O–H groups in total. The predicted octanol–water partition coefficient (Wildman–Crippen LogP) is 3.04. The van der Waals surface area contributed by atoms with E-state index in [2.05, 4.69) is 4.99 Å². The van der Waals surface area contributed by atoms with E-state index in [4.69, 9.17) is 9.84 Å². The second-order valence-corrected chi connectivity index (χ2v) is 4.36. The van der Waals surface area contributed by atoms with Crippen molar-refractivity contribution < 1.29 is 27.8 Å². The highest BCUT2D eigenvalue weighted by molar-refractivity contribution is 5.81. The van der Waals surface area contributed by atoms with Gasteiger partial charge in [-0.3, -0.25) is 9.79 Å². The van der Waals surface area contributed by atoms with Crippen LogP contribution >= 0.6 is 0 Å². The van der Waals surface area contributed by atoms with Crippen LogP contribution in [0.2, 0.25) is 0 Å². The molecular weight excluding hydrogens is 275 g/mol. The first-order valence-electron chi connectivity index (χ1n) is 5.95. The lowest BCUT2D eigenvalue weighted by Gasteiger charge is -2.14. The van der Waals surface area contributed by atoms with Gasteiger partial charge in [0, 0.05) is 6.42 Å². The number of nitrogens with zero attached hydrogens (tertiary/aromatic N) is 1. The molecule has 4 nitrogen and oxygen atoms in total. The van der Waals surface area contributed by atoms with E-state index < -0.39 is 23.8 Å². The number of aliphatic carboxylic acids is 1. The summed E-state index contributed by atoms with van der Waals surface area (Å²) in [5.41, 5.74) is -0.355. The number of carboxylic acids is 1. The van der Waals surface area contributed by atoms with Crippen LogP contribution in [0.1, 0.15) is 30.1 Å². The molecular formula is C13H12F3NO3. The Morgan fingerprint density at radius 1 is 1.45 bits per heavy atom. The Kier molecular flexibility index (Phi) is 3.96. The van der Waals surface area contributed by atoms with Crippen molar-refractivity contribution in [1.82, 2.24) is 0 Å². The zero-order valence-electron chi connectivity index (χ0n) is 10.4.